The molecule has 2 atom stereocenters. The Morgan fingerprint density at radius 2 is 1.94 bits per heavy atom. The highest BCUT2D eigenvalue weighted by Crippen LogP contribution is 2.29. The maximum atomic E-state index is 11.2. The molecule has 0 spiro atoms. The fraction of sp³-hybridized carbons (Fsp3) is 0.917. The molecule has 0 fully saturated rings. The van der Waals surface area contributed by atoms with Gasteiger partial charge in [0.15, 0.2) is 0 Å². The maximum Gasteiger partial charge on any atom is 0.113 e. The van der Waals surface area contributed by atoms with Gasteiger partial charge in [0, 0.05) is 5.41 Å². The van der Waals surface area contributed by atoms with Gasteiger partial charge in [0.05, 0.1) is 27.1 Å². The van der Waals surface area contributed by atoms with Crippen LogP contribution in [-0.4, -0.2) is 49.4 Å². The van der Waals surface area contributed by atoms with E-state index in [9.17, 15) is 15.0 Å². The summed E-state index contributed by atoms with van der Waals surface area (Å²) in [4.78, 5) is 11.2. The molecule has 0 amide bonds. The van der Waals surface area contributed by atoms with E-state index >= 15 is 0 Å². The Bertz CT molecular complexity index is 235. The van der Waals surface area contributed by atoms with Crippen molar-refractivity contribution in [1.82, 2.24) is 0 Å². The minimum absolute atomic E-state index is 0.411. The molecular formula is C12H25NO3. The Labute approximate surface area is 98.5 Å². The molecule has 0 saturated carbocycles. The molecule has 0 rings (SSSR count). The summed E-state index contributed by atoms with van der Waals surface area (Å²) in [5, 5.41) is 21.2. The van der Waals surface area contributed by atoms with Crippen LogP contribution in [0.5, 0.6) is 0 Å². The zero-order chi connectivity index (χ0) is 13.0. The number of hydrogen-bond acceptors (Lipinski definition) is 3. The first-order valence-corrected chi connectivity index (χ1v) is 5.83. The standard InChI is InChI=1S/C12H25NO3/c1-6-7-8-12(2,11(15)16)10(14)9-13(3,4)5/h10,14H,6-9H2,1-5H3. The number of rotatable bonds is 7. The van der Waals surface area contributed by atoms with Crippen molar-refractivity contribution in [2.75, 3.05) is 27.7 Å². The molecule has 0 radical (unpaired) electrons. The van der Waals surface area contributed by atoms with Crippen molar-refractivity contribution in [3.05, 3.63) is 0 Å². The molecule has 0 bridgehead atoms. The molecule has 0 aromatic rings. The largest absolute Gasteiger partial charge is 0.549 e. The predicted octanol–water partition coefficient (Wildman–Crippen LogP) is -0.0001000. The Kier molecular flexibility index (Phi) is 5.42. The van der Waals surface area contributed by atoms with E-state index in [4.69, 9.17) is 0 Å². The van der Waals surface area contributed by atoms with Crippen molar-refractivity contribution in [1.29, 1.82) is 0 Å². The lowest BCUT2D eigenvalue weighted by Crippen LogP contribution is -2.54. The second-order valence-corrected chi connectivity index (χ2v) is 5.80. The van der Waals surface area contributed by atoms with E-state index in [2.05, 4.69) is 0 Å². The Balaban J connectivity index is 4.70. The van der Waals surface area contributed by atoms with Gasteiger partial charge in [-0.3, -0.25) is 0 Å². The van der Waals surface area contributed by atoms with Crippen molar-refractivity contribution in [3.8, 4) is 0 Å². The second-order valence-electron chi connectivity index (χ2n) is 5.80. The van der Waals surface area contributed by atoms with Crippen LogP contribution in [0.25, 0.3) is 0 Å². The number of carboxylic acid groups (broad SMARTS) is 1. The molecule has 0 aliphatic rings. The lowest BCUT2D eigenvalue weighted by molar-refractivity contribution is -0.874. The van der Waals surface area contributed by atoms with Gasteiger partial charge >= 0.3 is 0 Å². The minimum atomic E-state index is -1.15. The van der Waals surface area contributed by atoms with Gasteiger partial charge in [-0.1, -0.05) is 26.7 Å². The number of aliphatic hydroxyl groups is 1. The van der Waals surface area contributed by atoms with Gasteiger partial charge in [0.25, 0.3) is 0 Å². The third-order valence-electron chi connectivity index (χ3n) is 2.97. The number of carboxylic acids is 1. The van der Waals surface area contributed by atoms with Crippen molar-refractivity contribution >= 4 is 5.97 Å². The van der Waals surface area contributed by atoms with Gasteiger partial charge in [0.2, 0.25) is 0 Å². The van der Waals surface area contributed by atoms with E-state index in [0.717, 1.165) is 12.8 Å². The molecule has 4 heteroatoms. The first-order chi connectivity index (χ1) is 7.13. The van der Waals surface area contributed by atoms with E-state index in [-0.39, 0.29) is 0 Å². The van der Waals surface area contributed by atoms with Crippen LogP contribution in [0.2, 0.25) is 0 Å². The van der Waals surface area contributed by atoms with Crippen molar-refractivity contribution in [2.24, 2.45) is 5.41 Å². The van der Waals surface area contributed by atoms with Crippen LogP contribution in [0.1, 0.15) is 33.1 Å². The molecule has 1 N–H and O–H groups in total. The van der Waals surface area contributed by atoms with Crippen LogP contribution in [0.15, 0.2) is 0 Å². The van der Waals surface area contributed by atoms with Gasteiger partial charge in [0.1, 0.15) is 12.6 Å². The maximum absolute atomic E-state index is 11.2. The van der Waals surface area contributed by atoms with E-state index in [1.54, 1.807) is 6.92 Å². The topological polar surface area (TPSA) is 60.4 Å². The van der Waals surface area contributed by atoms with E-state index in [0.29, 0.717) is 17.4 Å². The number of carbonyl (C=O) groups is 1. The second kappa shape index (κ2) is 5.64. The Morgan fingerprint density at radius 3 is 2.25 bits per heavy atom. The number of aliphatic carboxylic acids is 1. The highest BCUT2D eigenvalue weighted by molar-refractivity contribution is 5.72. The number of unbranched alkanes of at least 4 members (excludes halogenated alkanes) is 1. The zero-order valence-electron chi connectivity index (χ0n) is 11.1. The average Bonchev–Trinajstić information content (AvgIpc) is 2.10. The van der Waals surface area contributed by atoms with E-state index < -0.39 is 17.5 Å². The summed E-state index contributed by atoms with van der Waals surface area (Å²) in [5.41, 5.74) is -1.14. The SMILES string of the molecule is CCCCC(C)(C(=O)[O-])C(O)C[N+](C)(C)C. The Hall–Kier alpha value is -0.610. The summed E-state index contributed by atoms with van der Waals surface area (Å²) in [6.07, 6.45) is 1.30. The quantitative estimate of drug-likeness (QED) is 0.627. The van der Waals surface area contributed by atoms with Crippen LogP contribution in [0.4, 0.5) is 0 Å². The molecule has 4 nitrogen and oxygen atoms in total. The van der Waals surface area contributed by atoms with Crippen LogP contribution in [0.3, 0.4) is 0 Å². The predicted molar refractivity (Wildman–Crippen MR) is 61.5 cm³/mol. The van der Waals surface area contributed by atoms with Crippen LogP contribution in [0, 0.1) is 5.41 Å². The third kappa shape index (κ3) is 4.49. The molecule has 0 saturated heterocycles. The molecule has 96 valence electrons. The molecule has 0 heterocycles. The third-order valence-corrected chi connectivity index (χ3v) is 2.97. The molecule has 2 unspecified atom stereocenters. The minimum Gasteiger partial charge on any atom is -0.549 e. The van der Waals surface area contributed by atoms with Gasteiger partial charge in [-0.05, 0) is 6.42 Å². The summed E-state index contributed by atoms with van der Waals surface area (Å²) in [6.45, 7) is 3.99. The van der Waals surface area contributed by atoms with Crippen LogP contribution >= 0.6 is 0 Å². The zero-order valence-corrected chi connectivity index (χ0v) is 11.1. The number of aliphatic hydroxyl groups excluding tert-OH is 1. The Morgan fingerprint density at radius 1 is 1.44 bits per heavy atom. The monoisotopic (exact) mass is 231 g/mol. The number of quaternary nitrogens is 1. The fourth-order valence-corrected chi connectivity index (χ4v) is 1.67. The summed E-state index contributed by atoms with van der Waals surface area (Å²) < 4.78 is 0.538. The number of carbonyl (C=O) groups excluding carboxylic acids is 1. The molecular weight excluding hydrogens is 206 g/mol. The van der Waals surface area contributed by atoms with Gasteiger partial charge in [-0.2, -0.15) is 0 Å². The molecule has 0 aromatic carbocycles. The number of hydrogen-bond donors (Lipinski definition) is 1. The molecule has 0 aliphatic heterocycles. The summed E-state index contributed by atoms with van der Waals surface area (Å²) >= 11 is 0. The van der Waals surface area contributed by atoms with Crippen molar-refractivity contribution < 1.29 is 19.5 Å². The number of likely N-dealkylation sites (N-methyl/N-ethyl adjacent to an activating group) is 1. The molecule has 0 aliphatic carbocycles. The van der Waals surface area contributed by atoms with Crippen molar-refractivity contribution in [3.63, 3.8) is 0 Å². The molecule has 0 aromatic heterocycles. The average molecular weight is 231 g/mol. The van der Waals surface area contributed by atoms with Gasteiger partial charge in [-0.15, -0.1) is 0 Å². The molecule has 16 heavy (non-hydrogen) atoms. The highest BCUT2D eigenvalue weighted by Gasteiger charge is 2.37. The normalized spacial score (nSPS) is 17.9. The summed E-state index contributed by atoms with van der Waals surface area (Å²) in [7, 11) is 5.79. The van der Waals surface area contributed by atoms with Crippen LogP contribution in [-0.2, 0) is 4.79 Å². The van der Waals surface area contributed by atoms with E-state index in [1.807, 2.05) is 28.1 Å². The fourth-order valence-electron chi connectivity index (χ4n) is 1.67. The van der Waals surface area contributed by atoms with Gasteiger partial charge < -0.3 is 19.5 Å². The lowest BCUT2D eigenvalue weighted by atomic mass is 9.79. The van der Waals surface area contributed by atoms with Crippen molar-refractivity contribution in [2.45, 2.75) is 39.2 Å². The lowest BCUT2D eigenvalue weighted by Gasteiger charge is -2.38. The highest BCUT2D eigenvalue weighted by atomic mass is 16.4. The van der Waals surface area contributed by atoms with Gasteiger partial charge in [-0.25, -0.2) is 0 Å². The number of nitrogens with zero attached hydrogens (tertiary/aromatic N) is 1. The smallest absolute Gasteiger partial charge is 0.113 e. The first-order valence-electron chi connectivity index (χ1n) is 5.83. The van der Waals surface area contributed by atoms with E-state index in [1.165, 1.54) is 0 Å². The first kappa shape index (κ1) is 15.4. The summed E-state index contributed by atoms with van der Waals surface area (Å²) in [6, 6.07) is 0. The van der Waals surface area contributed by atoms with Crippen LogP contribution < -0.4 is 5.11 Å². The summed E-state index contributed by atoms with van der Waals surface area (Å²) in [5.74, 6) is -1.15.